The van der Waals surface area contributed by atoms with Crippen LogP contribution < -0.4 is 5.32 Å². The van der Waals surface area contributed by atoms with E-state index in [1.54, 1.807) is 28.8 Å². The van der Waals surface area contributed by atoms with Crippen molar-refractivity contribution in [1.29, 1.82) is 0 Å². The predicted molar refractivity (Wildman–Crippen MR) is 109 cm³/mol. The molecule has 1 aromatic heterocycles. The average molecular weight is 389 g/mol. The number of urea groups is 1. The molecule has 6 heteroatoms. The molecule has 1 saturated heterocycles. The number of aryl methyl sites for hydroxylation is 1. The zero-order valence-electron chi connectivity index (χ0n) is 16.1. The Morgan fingerprint density at radius 2 is 1.69 bits per heavy atom. The highest BCUT2D eigenvalue weighted by molar-refractivity contribution is 6.13. The SMILES string of the molecule is Cc1cc(/C=C2/NC(=O)N(Cc3ccccc3)C2=O)c(C)n1-c1ccccc1F. The standard InChI is InChI=1S/C23H20FN3O2/c1-15-12-18(16(2)27(15)21-11-7-6-10-19(21)24)13-20-22(28)26(23(29)25-20)14-17-8-4-3-5-9-17/h3-13H,14H2,1-2H3,(H,25,29)/b20-13+. The minimum Gasteiger partial charge on any atom is -0.315 e. The summed E-state index contributed by atoms with van der Waals surface area (Å²) in [4.78, 5) is 26.2. The van der Waals surface area contributed by atoms with Crippen molar-refractivity contribution < 1.29 is 14.0 Å². The summed E-state index contributed by atoms with van der Waals surface area (Å²) in [5, 5.41) is 2.64. The molecule has 1 aliphatic heterocycles. The molecular formula is C23H20FN3O2. The fraction of sp³-hybridized carbons (Fsp3) is 0.130. The number of hydrogen-bond donors (Lipinski definition) is 1. The highest BCUT2D eigenvalue weighted by atomic mass is 19.1. The summed E-state index contributed by atoms with van der Waals surface area (Å²) in [6.07, 6.45) is 1.64. The lowest BCUT2D eigenvalue weighted by atomic mass is 10.2. The van der Waals surface area contributed by atoms with Crippen LogP contribution in [0.5, 0.6) is 0 Å². The molecule has 0 spiro atoms. The number of carbonyl (C=O) groups is 2. The third kappa shape index (κ3) is 3.45. The first kappa shape index (κ1) is 18.7. The third-order valence-electron chi connectivity index (χ3n) is 5.01. The van der Waals surface area contributed by atoms with E-state index in [0.717, 1.165) is 22.5 Å². The lowest BCUT2D eigenvalue weighted by molar-refractivity contribution is -0.123. The Balaban J connectivity index is 1.65. The molecule has 1 aliphatic rings. The number of amides is 3. The smallest absolute Gasteiger partial charge is 0.315 e. The Bertz CT molecular complexity index is 1130. The second-order valence-electron chi connectivity index (χ2n) is 6.98. The fourth-order valence-corrected chi connectivity index (χ4v) is 3.57. The highest BCUT2D eigenvalue weighted by Crippen LogP contribution is 2.25. The second-order valence-corrected chi connectivity index (χ2v) is 6.98. The van der Waals surface area contributed by atoms with Crippen LogP contribution in [0, 0.1) is 19.7 Å². The van der Waals surface area contributed by atoms with Gasteiger partial charge in [-0.3, -0.25) is 9.69 Å². The Morgan fingerprint density at radius 1 is 1.00 bits per heavy atom. The Hall–Kier alpha value is -3.67. The highest BCUT2D eigenvalue weighted by Gasteiger charge is 2.33. The number of carbonyl (C=O) groups excluding carboxylic acids is 2. The lowest BCUT2D eigenvalue weighted by Crippen LogP contribution is -2.30. The Labute approximate surface area is 168 Å². The van der Waals surface area contributed by atoms with Crippen molar-refractivity contribution in [2.75, 3.05) is 0 Å². The Morgan fingerprint density at radius 3 is 2.41 bits per heavy atom. The first-order valence-corrected chi connectivity index (χ1v) is 9.28. The van der Waals surface area contributed by atoms with Crippen molar-refractivity contribution in [2.24, 2.45) is 0 Å². The van der Waals surface area contributed by atoms with Crippen molar-refractivity contribution in [3.05, 3.63) is 94.7 Å². The molecule has 4 rings (SSSR count). The van der Waals surface area contributed by atoms with E-state index in [1.807, 2.05) is 50.2 Å². The first-order valence-electron chi connectivity index (χ1n) is 9.28. The van der Waals surface area contributed by atoms with Gasteiger partial charge >= 0.3 is 6.03 Å². The molecule has 2 heterocycles. The predicted octanol–water partition coefficient (Wildman–Crippen LogP) is 4.33. The molecule has 0 saturated carbocycles. The Kier molecular flexibility index (Phi) is 4.76. The van der Waals surface area contributed by atoms with Gasteiger partial charge in [0.2, 0.25) is 0 Å². The number of rotatable bonds is 4. The summed E-state index contributed by atoms with van der Waals surface area (Å²) in [7, 11) is 0. The molecule has 3 amide bonds. The normalized spacial score (nSPS) is 15.3. The van der Waals surface area contributed by atoms with Gasteiger partial charge in [0.15, 0.2) is 0 Å². The molecule has 0 radical (unpaired) electrons. The van der Waals surface area contributed by atoms with Gasteiger partial charge in [0.1, 0.15) is 11.5 Å². The van der Waals surface area contributed by atoms with Gasteiger partial charge in [-0.2, -0.15) is 0 Å². The number of hydrogen-bond acceptors (Lipinski definition) is 2. The van der Waals surface area contributed by atoms with E-state index in [0.29, 0.717) is 5.69 Å². The summed E-state index contributed by atoms with van der Waals surface area (Å²) >= 11 is 0. The van der Waals surface area contributed by atoms with Crippen LogP contribution in [0.15, 0.2) is 66.4 Å². The van der Waals surface area contributed by atoms with Gasteiger partial charge in [-0.25, -0.2) is 9.18 Å². The topological polar surface area (TPSA) is 54.3 Å². The van der Waals surface area contributed by atoms with E-state index in [1.165, 1.54) is 11.0 Å². The number of aromatic nitrogens is 1. The van der Waals surface area contributed by atoms with Gasteiger partial charge in [-0.15, -0.1) is 0 Å². The molecule has 146 valence electrons. The number of nitrogens with zero attached hydrogens (tertiary/aromatic N) is 2. The van der Waals surface area contributed by atoms with Gasteiger partial charge in [0.25, 0.3) is 5.91 Å². The van der Waals surface area contributed by atoms with Gasteiger partial charge in [0.05, 0.1) is 12.2 Å². The van der Waals surface area contributed by atoms with E-state index in [4.69, 9.17) is 0 Å². The van der Waals surface area contributed by atoms with Crippen LogP contribution in [0.25, 0.3) is 11.8 Å². The summed E-state index contributed by atoms with van der Waals surface area (Å²) in [6, 6.07) is 17.3. The summed E-state index contributed by atoms with van der Waals surface area (Å²) < 4.78 is 16.1. The molecule has 0 aliphatic carbocycles. The lowest BCUT2D eigenvalue weighted by Gasteiger charge is -2.11. The van der Waals surface area contributed by atoms with Crippen LogP contribution >= 0.6 is 0 Å². The molecule has 29 heavy (non-hydrogen) atoms. The summed E-state index contributed by atoms with van der Waals surface area (Å²) in [5.41, 5.74) is 3.88. The van der Waals surface area contributed by atoms with E-state index in [2.05, 4.69) is 5.32 Å². The maximum atomic E-state index is 14.3. The molecular weight excluding hydrogens is 369 g/mol. The van der Waals surface area contributed by atoms with Crippen molar-refractivity contribution >= 4 is 18.0 Å². The molecule has 0 unspecified atom stereocenters. The zero-order chi connectivity index (χ0) is 20.5. The third-order valence-corrected chi connectivity index (χ3v) is 5.01. The van der Waals surface area contributed by atoms with Gasteiger partial charge in [0, 0.05) is 11.4 Å². The van der Waals surface area contributed by atoms with Gasteiger partial charge in [-0.1, -0.05) is 42.5 Å². The van der Waals surface area contributed by atoms with E-state index in [9.17, 15) is 14.0 Å². The first-order chi connectivity index (χ1) is 14.0. The number of para-hydroxylation sites is 1. The van der Waals surface area contributed by atoms with Crippen LogP contribution in [0.4, 0.5) is 9.18 Å². The average Bonchev–Trinajstić information content (AvgIpc) is 3.13. The number of imide groups is 1. The fourth-order valence-electron chi connectivity index (χ4n) is 3.57. The second kappa shape index (κ2) is 7.39. The minimum atomic E-state index is -0.451. The quantitative estimate of drug-likeness (QED) is 0.534. The van der Waals surface area contributed by atoms with Crippen molar-refractivity contribution in [1.82, 2.24) is 14.8 Å². The summed E-state index contributed by atoms with van der Waals surface area (Å²) in [6.45, 7) is 3.93. The maximum Gasteiger partial charge on any atom is 0.329 e. The van der Waals surface area contributed by atoms with Crippen molar-refractivity contribution in [3.63, 3.8) is 0 Å². The van der Waals surface area contributed by atoms with Crippen LogP contribution in [0.2, 0.25) is 0 Å². The minimum absolute atomic E-state index is 0.205. The van der Waals surface area contributed by atoms with Gasteiger partial charge < -0.3 is 9.88 Å². The molecule has 2 aromatic carbocycles. The number of nitrogens with one attached hydrogen (secondary N) is 1. The van der Waals surface area contributed by atoms with Crippen LogP contribution in [0.1, 0.15) is 22.5 Å². The van der Waals surface area contributed by atoms with E-state index in [-0.39, 0.29) is 24.0 Å². The summed E-state index contributed by atoms with van der Waals surface area (Å²) in [5.74, 6) is -0.706. The van der Waals surface area contributed by atoms with E-state index >= 15 is 0 Å². The molecule has 0 bridgehead atoms. The number of halogens is 1. The van der Waals surface area contributed by atoms with Crippen molar-refractivity contribution in [2.45, 2.75) is 20.4 Å². The molecule has 1 N–H and O–H groups in total. The van der Waals surface area contributed by atoms with Crippen LogP contribution in [0.3, 0.4) is 0 Å². The molecule has 1 fully saturated rings. The maximum absolute atomic E-state index is 14.3. The molecule has 5 nitrogen and oxygen atoms in total. The van der Waals surface area contributed by atoms with E-state index < -0.39 is 6.03 Å². The molecule has 0 atom stereocenters. The van der Waals surface area contributed by atoms with Crippen molar-refractivity contribution in [3.8, 4) is 5.69 Å². The number of benzene rings is 2. The van der Waals surface area contributed by atoms with Crippen LogP contribution in [-0.4, -0.2) is 21.4 Å². The van der Waals surface area contributed by atoms with Crippen LogP contribution in [-0.2, 0) is 11.3 Å². The zero-order valence-corrected chi connectivity index (χ0v) is 16.1. The largest absolute Gasteiger partial charge is 0.329 e. The monoisotopic (exact) mass is 389 g/mol. The molecule has 3 aromatic rings. The van der Waals surface area contributed by atoms with Gasteiger partial charge in [-0.05, 0) is 49.2 Å².